The standard InChI is InChI=1S/C17H20O/c1-13(2)11-14(3)12-18-17-10-6-8-15-7-4-5-9-16(15)17/h4-10,14H,1,11-12H2,2-3H3. The van der Waals surface area contributed by atoms with Gasteiger partial charge in [0.2, 0.25) is 0 Å². The fourth-order valence-electron chi connectivity index (χ4n) is 2.21. The third-order valence-corrected chi connectivity index (χ3v) is 2.97. The summed E-state index contributed by atoms with van der Waals surface area (Å²) in [5, 5.41) is 2.41. The Balaban J connectivity index is 2.10. The van der Waals surface area contributed by atoms with Crippen LogP contribution in [-0.2, 0) is 0 Å². The van der Waals surface area contributed by atoms with Crippen LogP contribution in [0.15, 0.2) is 54.6 Å². The maximum Gasteiger partial charge on any atom is 0.127 e. The van der Waals surface area contributed by atoms with Gasteiger partial charge in [0, 0.05) is 5.39 Å². The topological polar surface area (TPSA) is 9.23 Å². The first-order chi connectivity index (χ1) is 8.66. The van der Waals surface area contributed by atoms with Crippen molar-refractivity contribution in [3.8, 4) is 5.75 Å². The number of fused-ring (bicyclic) bond motifs is 1. The van der Waals surface area contributed by atoms with E-state index in [-0.39, 0.29) is 0 Å². The van der Waals surface area contributed by atoms with Crippen molar-refractivity contribution in [3.63, 3.8) is 0 Å². The molecular formula is C17H20O. The highest BCUT2D eigenvalue weighted by molar-refractivity contribution is 5.88. The molecule has 18 heavy (non-hydrogen) atoms. The van der Waals surface area contributed by atoms with E-state index in [0.29, 0.717) is 5.92 Å². The highest BCUT2D eigenvalue weighted by atomic mass is 16.5. The highest BCUT2D eigenvalue weighted by Gasteiger charge is 2.05. The van der Waals surface area contributed by atoms with Crippen molar-refractivity contribution in [1.82, 2.24) is 0 Å². The van der Waals surface area contributed by atoms with Crippen molar-refractivity contribution < 1.29 is 4.74 Å². The third-order valence-electron chi connectivity index (χ3n) is 2.97. The van der Waals surface area contributed by atoms with Crippen LogP contribution in [0.4, 0.5) is 0 Å². The number of allylic oxidation sites excluding steroid dienone is 1. The molecule has 0 radical (unpaired) electrons. The Bertz CT molecular complexity index is 537. The minimum Gasteiger partial charge on any atom is -0.493 e. The SMILES string of the molecule is C=C(C)CC(C)COc1cccc2ccccc12. The van der Waals surface area contributed by atoms with E-state index in [1.54, 1.807) is 0 Å². The first-order valence-electron chi connectivity index (χ1n) is 6.42. The van der Waals surface area contributed by atoms with E-state index in [0.717, 1.165) is 18.8 Å². The quantitative estimate of drug-likeness (QED) is 0.681. The Kier molecular flexibility index (Phi) is 4.03. The summed E-state index contributed by atoms with van der Waals surface area (Å²) in [5.74, 6) is 1.48. The lowest BCUT2D eigenvalue weighted by atomic mass is 10.0. The first-order valence-corrected chi connectivity index (χ1v) is 6.42. The smallest absolute Gasteiger partial charge is 0.127 e. The summed E-state index contributed by atoms with van der Waals surface area (Å²) in [6.07, 6.45) is 1.02. The summed E-state index contributed by atoms with van der Waals surface area (Å²) in [4.78, 5) is 0. The van der Waals surface area contributed by atoms with Gasteiger partial charge in [-0.1, -0.05) is 48.9 Å². The minimum absolute atomic E-state index is 0.501. The van der Waals surface area contributed by atoms with Crippen molar-refractivity contribution in [2.45, 2.75) is 20.3 Å². The van der Waals surface area contributed by atoms with Gasteiger partial charge in [0.05, 0.1) is 6.61 Å². The molecule has 0 spiro atoms. The summed E-state index contributed by atoms with van der Waals surface area (Å²) >= 11 is 0. The van der Waals surface area contributed by atoms with Crippen LogP contribution >= 0.6 is 0 Å². The fourth-order valence-corrected chi connectivity index (χ4v) is 2.21. The number of rotatable bonds is 5. The van der Waals surface area contributed by atoms with Gasteiger partial charge in [0.25, 0.3) is 0 Å². The van der Waals surface area contributed by atoms with Crippen molar-refractivity contribution in [1.29, 1.82) is 0 Å². The Labute approximate surface area is 109 Å². The second-order valence-corrected chi connectivity index (χ2v) is 5.05. The van der Waals surface area contributed by atoms with Crippen molar-refractivity contribution in [2.75, 3.05) is 6.61 Å². The van der Waals surface area contributed by atoms with Gasteiger partial charge < -0.3 is 4.74 Å². The van der Waals surface area contributed by atoms with Crippen molar-refractivity contribution >= 4 is 10.8 Å². The van der Waals surface area contributed by atoms with Crippen LogP contribution in [0.2, 0.25) is 0 Å². The lowest BCUT2D eigenvalue weighted by Crippen LogP contribution is -2.08. The summed E-state index contributed by atoms with van der Waals surface area (Å²) in [6, 6.07) is 14.5. The monoisotopic (exact) mass is 240 g/mol. The van der Waals surface area contributed by atoms with Gasteiger partial charge >= 0.3 is 0 Å². The largest absolute Gasteiger partial charge is 0.493 e. The van der Waals surface area contributed by atoms with E-state index < -0.39 is 0 Å². The maximum absolute atomic E-state index is 5.94. The van der Waals surface area contributed by atoms with Crippen LogP contribution < -0.4 is 4.74 Å². The number of hydrogen-bond donors (Lipinski definition) is 0. The highest BCUT2D eigenvalue weighted by Crippen LogP contribution is 2.25. The molecule has 0 aliphatic heterocycles. The van der Waals surface area contributed by atoms with Gasteiger partial charge in [0.15, 0.2) is 0 Å². The van der Waals surface area contributed by atoms with Gasteiger partial charge in [0.1, 0.15) is 5.75 Å². The minimum atomic E-state index is 0.501. The molecule has 0 saturated carbocycles. The second kappa shape index (κ2) is 5.72. The number of benzene rings is 2. The van der Waals surface area contributed by atoms with E-state index in [9.17, 15) is 0 Å². The van der Waals surface area contributed by atoms with Crippen molar-refractivity contribution in [3.05, 3.63) is 54.6 Å². The predicted molar refractivity (Wildman–Crippen MR) is 78.0 cm³/mol. The summed E-state index contributed by atoms with van der Waals surface area (Å²) < 4.78 is 5.94. The van der Waals surface area contributed by atoms with Gasteiger partial charge in [-0.3, -0.25) is 0 Å². The van der Waals surface area contributed by atoms with Crippen LogP contribution in [0, 0.1) is 5.92 Å². The Hall–Kier alpha value is -1.76. The Morgan fingerprint density at radius 3 is 2.67 bits per heavy atom. The molecule has 0 saturated heterocycles. The molecule has 0 heterocycles. The van der Waals surface area contributed by atoms with Crippen LogP contribution in [-0.4, -0.2) is 6.61 Å². The third kappa shape index (κ3) is 3.13. The van der Waals surface area contributed by atoms with E-state index in [2.05, 4.69) is 44.7 Å². The average Bonchev–Trinajstić information content (AvgIpc) is 2.35. The molecule has 0 N–H and O–H groups in total. The number of ether oxygens (including phenoxy) is 1. The Morgan fingerprint density at radius 2 is 1.89 bits per heavy atom. The summed E-state index contributed by atoms with van der Waals surface area (Å²) in [7, 11) is 0. The molecule has 1 heteroatoms. The molecule has 0 aliphatic carbocycles. The molecule has 1 unspecified atom stereocenters. The van der Waals surface area contributed by atoms with Gasteiger partial charge in [-0.25, -0.2) is 0 Å². The van der Waals surface area contributed by atoms with Crippen LogP contribution in [0.3, 0.4) is 0 Å². The van der Waals surface area contributed by atoms with Gasteiger partial charge in [-0.05, 0) is 30.7 Å². The van der Waals surface area contributed by atoms with Crippen LogP contribution in [0.25, 0.3) is 10.8 Å². The molecule has 94 valence electrons. The second-order valence-electron chi connectivity index (χ2n) is 5.05. The average molecular weight is 240 g/mol. The zero-order valence-electron chi connectivity index (χ0n) is 11.1. The van der Waals surface area contributed by atoms with E-state index in [1.165, 1.54) is 16.3 Å². The molecule has 1 atom stereocenters. The lowest BCUT2D eigenvalue weighted by Gasteiger charge is -2.14. The van der Waals surface area contributed by atoms with Crippen LogP contribution in [0.5, 0.6) is 5.75 Å². The maximum atomic E-state index is 5.94. The van der Waals surface area contributed by atoms with Crippen molar-refractivity contribution in [2.24, 2.45) is 5.92 Å². The van der Waals surface area contributed by atoms with Gasteiger partial charge in [-0.15, -0.1) is 6.58 Å². The summed E-state index contributed by atoms with van der Waals surface area (Å²) in [5.41, 5.74) is 1.21. The molecule has 0 aliphatic rings. The normalized spacial score (nSPS) is 12.3. The number of hydrogen-bond acceptors (Lipinski definition) is 1. The fraction of sp³-hybridized carbons (Fsp3) is 0.294. The molecule has 2 aromatic rings. The predicted octanol–water partition coefficient (Wildman–Crippen LogP) is 4.82. The molecule has 2 aromatic carbocycles. The van der Waals surface area contributed by atoms with E-state index >= 15 is 0 Å². The zero-order valence-corrected chi connectivity index (χ0v) is 11.1. The Morgan fingerprint density at radius 1 is 1.17 bits per heavy atom. The molecule has 0 amide bonds. The first kappa shape index (κ1) is 12.7. The molecular weight excluding hydrogens is 220 g/mol. The van der Waals surface area contributed by atoms with Crippen LogP contribution in [0.1, 0.15) is 20.3 Å². The molecule has 1 nitrogen and oxygen atoms in total. The molecule has 0 fully saturated rings. The summed E-state index contributed by atoms with van der Waals surface area (Å²) in [6.45, 7) is 8.94. The zero-order chi connectivity index (χ0) is 13.0. The lowest BCUT2D eigenvalue weighted by molar-refractivity contribution is 0.262. The molecule has 0 aromatic heterocycles. The van der Waals surface area contributed by atoms with E-state index in [1.807, 2.05) is 18.2 Å². The van der Waals surface area contributed by atoms with Gasteiger partial charge in [-0.2, -0.15) is 0 Å². The molecule has 0 bridgehead atoms. The molecule has 2 rings (SSSR count). The van der Waals surface area contributed by atoms with E-state index in [4.69, 9.17) is 4.74 Å².